The molecule has 2 rings (SSSR count). The third-order valence-electron chi connectivity index (χ3n) is 3.21. The highest BCUT2D eigenvalue weighted by Gasteiger charge is 2.12. The molecule has 1 aliphatic rings. The molecule has 1 saturated heterocycles. The van der Waals surface area contributed by atoms with Crippen molar-refractivity contribution in [2.75, 3.05) is 50.5 Å². The molecule has 0 amide bonds. The lowest BCUT2D eigenvalue weighted by Crippen LogP contribution is -2.31. The van der Waals surface area contributed by atoms with Gasteiger partial charge in [0.1, 0.15) is 5.82 Å². The first kappa shape index (κ1) is 12.1. The molecule has 0 aromatic carbocycles. The molecule has 5 nitrogen and oxygen atoms in total. The minimum Gasteiger partial charge on any atom is -0.358 e. The SMILES string of the molecule is CNc1nccc(N(C)CCN2CCCC2)n1. The summed E-state index contributed by atoms with van der Waals surface area (Å²) < 4.78 is 0. The minimum absolute atomic E-state index is 0.676. The monoisotopic (exact) mass is 235 g/mol. The maximum Gasteiger partial charge on any atom is 0.224 e. The number of aromatic nitrogens is 2. The first-order chi connectivity index (χ1) is 8.29. The summed E-state index contributed by atoms with van der Waals surface area (Å²) in [5.41, 5.74) is 0. The van der Waals surface area contributed by atoms with E-state index in [-0.39, 0.29) is 0 Å². The number of anilines is 2. The molecule has 1 fully saturated rings. The van der Waals surface area contributed by atoms with Crippen molar-refractivity contribution >= 4 is 11.8 Å². The van der Waals surface area contributed by atoms with Crippen LogP contribution in [0, 0.1) is 0 Å². The molecule has 1 aromatic rings. The van der Waals surface area contributed by atoms with Crippen molar-refractivity contribution in [3.05, 3.63) is 12.3 Å². The summed E-state index contributed by atoms with van der Waals surface area (Å²) in [5.74, 6) is 1.65. The summed E-state index contributed by atoms with van der Waals surface area (Å²) in [6, 6.07) is 1.95. The Balaban J connectivity index is 1.87. The van der Waals surface area contributed by atoms with E-state index in [2.05, 4.69) is 32.1 Å². The van der Waals surface area contributed by atoms with Crippen LogP contribution >= 0.6 is 0 Å². The fraction of sp³-hybridized carbons (Fsp3) is 0.667. The van der Waals surface area contributed by atoms with E-state index in [1.165, 1.54) is 25.9 Å². The van der Waals surface area contributed by atoms with Crippen molar-refractivity contribution in [1.29, 1.82) is 0 Å². The molecule has 0 saturated carbocycles. The van der Waals surface area contributed by atoms with Gasteiger partial charge < -0.3 is 15.1 Å². The predicted molar refractivity (Wildman–Crippen MR) is 70.5 cm³/mol. The molecule has 0 aliphatic carbocycles. The Labute approximate surface area is 103 Å². The average molecular weight is 235 g/mol. The molecule has 1 aliphatic heterocycles. The van der Waals surface area contributed by atoms with Gasteiger partial charge in [0, 0.05) is 33.4 Å². The maximum atomic E-state index is 4.42. The smallest absolute Gasteiger partial charge is 0.224 e. The molecule has 0 spiro atoms. The van der Waals surface area contributed by atoms with Gasteiger partial charge in [0.15, 0.2) is 0 Å². The largest absolute Gasteiger partial charge is 0.358 e. The highest BCUT2D eigenvalue weighted by molar-refractivity contribution is 5.41. The van der Waals surface area contributed by atoms with Crippen LogP contribution in [0.4, 0.5) is 11.8 Å². The molecule has 0 bridgehead atoms. The van der Waals surface area contributed by atoms with E-state index in [1.54, 1.807) is 6.20 Å². The summed E-state index contributed by atoms with van der Waals surface area (Å²) in [4.78, 5) is 13.2. The Morgan fingerprint density at radius 1 is 1.41 bits per heavy atom. The average Bonchev–Trinajstić information content (AvgIpc) is 2.89. The van der Waals surface area contributed by atoms with Gasteiger partial charge in [-0.1, -0.05) is 0 Å². The molecule has 1 N–H and O–H groups in total. The van der Waals surface area contributed by atoms with Crippen molar-refractivity contribution in [1.82, 2.24) is 14.9 Å². The van der Waals surface area contributed by atoms with Gasteiger partial charge >= 0.3 is 0 Å². The second kappa shape index (κ2) is 5.82. The molecule has 94 valence electrons. The van der Waals surface area contributed by atoms with Crippen molar-refractivity contribution in [2.24, 2.45) is 0 Å². The zero-order valence-electron chi connectivity index (χ0n) is 10.7. The minimum atomic E-state index is 0.676. The van der Waals surface area contributed by atoms with Crippen LogP contribution in [0.5, 0.6) is 0 Å². The molecule has 0 unspecified atom stereocenters. The lowest BCUT2D eigenvalue weighted by atomic mass is 10.4. The molecule has 5 heteroatoms. The summed E-state index contributed by atoms with van der Waals surface area (Å²) in [5, 5.41) is 2.96. The second-order valence-corrected chi connectivity index (χ2v) is 4.46. The van der Waals surface area contributed by atoms with Gasteiger partial charge in [-0.15, -0.1) is 0 Å². The van der Waals surface area contributed by atoms with Crippen LogP contribution in [0.2, 0.25) is 0 Å². The van der Waals surface area contributed by atoms with Crippen LogP contribution in [0.25, 0.3) is 0 Å². The molecule has 0 radical (unpaired) electrons. The highest BCUT2D eigenvalue weighted by Crippen LogP contribution is 2.11. The third-order valence-corrected chi connectivity index (χ3v) is 3.21. The van der Waals surface area contributed by atoms with Gasteiger partial charge in [0.2, 0.25) is 5.95 Å². The summed E-state index contributed by atoms with van der Waals surface area (Å²) in [6.07, 6.45) is 4.49. The fourth-order valence-corrected chi connectivity index (χ4v) is 2.09. The Morgan fingerprint density at radius 3 is 2.88 bits per heavy atom. The van der Waals surface area contributed by atoms with Crippen LogP contribution in [-0.2, 0) is 0 Å². The number of hydrogen-bond acceptors (Lipinski definition) is 5. The van der Waals surface area contributed by atoms with Crippen molar-refractivity contribution in [3.8, 4) is 0 Å². The van der Waals surface area contributed by atoms with Crippen LogP contribution in [0.15, 0.2) is 12.3 Å². The molecular weight excluding hydrogens is 214 g/mol. The van der Waals surface area contributed by atoms with E-state index in [4.69, 9.17) is 0 Å². The van der Waals surface area contributed by atoms with Gasteiger partial charge in [-0.05, 0) is 32.0 Å². The quantitative estimate of drug-likeness (QED) is 0.826. The van der Waals surface area contributed by atoms with E-state index in [0.717, 1.165) is 18.9 Å². The molecule has 17 heavy (non-hydrogen) atoms. The number of likely N-dealkylation sites (N-methyl/N-ethyl adjacent to an activating group) is 1. The Morgan fingerprint density at radius 2 is 2.18 bits per heavy atom. The normalized spacial score (nSPS) is 16.1. The van der Waals surface area contributed by atoms with Crippen molar-refractivity contribution < 1.29 is 0 Å². The molecule has 1 aromatic heterocycles. The maximum absolute atomic E-state index is 4.42. The number of nitrogens with zero attached hydrogens (tertiary/aromatic N) is 4. The Bertz CT molecular complexity index is 349. The second-order valence-electron chi connectivity index (χ2n) is 4.46. The predicted octanol–water partition coefficient (Wildman–Crippen LogP) is 1.05. The van der Waals surface area contributed by atoms with E-state index in [0.29, 0.717) is 5.95 Å². The van der Waals surface area contributed by atoms with Gasteiger partial charge in [0.05, 0.1) is 0 Å². The molecule has 2 heterocycles. The first-order valence-electron chi connectivity index (χ1n) is 6.24. The fourth-order valence-electron chi connectivity index (χ4n) is 2.09. The Kier molecular flexibility index (Phi) is 4.14. The van der Waals surface area contributed by atoms with Crippen molar-refractivity contribution in [2.45, 2.75) is 12.8 Å². The van der Waals surface area contributed by atoms with E-state index in [1.807, 2.05) is 13.1 Å². The van der Waals surface area contributed by atoms with Gasteiger partial charge in [0.25, 0.3) is 0 Å². The van der Waals surface area contributed by atoms with Crippen LogP contribution in [0.3, 0.4) is 0 Å². The standard InChI is InChI=1S/C12H21N5/c1-13-12-14-6-5-11(15-12)16(2)9-10-17-7-3-4-8-17/h5-6H,3-4,7-10H2,1-2H3,(H,13,14,15). The summed E-state index contributed by atoms with van der Waals surface area (Å²) in [6.45, 7) is 4.63. The highest BCUT2D eigenvalue weighted by atomic mass is 15.2. The lowest BCUT2D eigenvalue weighted by Gasteiger charge is -2.22. The number of likely N-dealkylation sites (tertiary alicyclic amines) is 1. The topological polar surface area (TPSA) is 44.3 Å². The van der Waals surface area contributed by atoms with E-state index >= 15 is 0 Å². The summed E-state index contributed by atoms with van der Waals surface area (Å²) >= 11 is 0. The molecule has 0 atom stereocenters. The van der Waals surface area contributed by atoms with E-state index in [9.17, 15) is 0 Å². The number of rotatable bonds is 5. The summed E-state index contributed by atoms with van der Waals surface area (Å²) in [7, 11) is 3.92. The van der Waals surface area contributed by atoms with Crippen molar-refractivity contribution in [3.63, 3.8) is 0 Å². The third kappa shape index (κ3) is 3.30. The van der Waals surface area contributed by atoms with Gasteiger partial charge in [-0.25, -0.2) is 4.98 Å². The zero-order valence-corrected chi connectivity index (χ0v) is 10.7. The van der Waals surface area contributed by atoms with E-state index < -0.39 is 0 Å². The van der Waals surface area contributed by atoms with Crippen LogP contribution in [-0.4, -0.2) is 55.1 Å². The number of hydrogen-bond donors (Lipinski definition) is 1. The van der Waals surface area contributed by atoms with Gasteiger partial charge in [-0.2, -0.15) is 4.98 Å². The lowest BCUT2D eigenvalue weighted by molar-refractivity contribution is 0.346. The van der Waals surface area contributed by atoms with Gasteiger partial charge in [-0.3, -0.25) is 0 Å². The zero-order chi connectivity index (χ0) is 12.1. The van der Waals surface area contributed by atoms with Crippen LogP contribution < -0.4 is 10.2 Å². The molecular formula is C12H21N5. The number of nitrogens with one attached hydrogen (secondary N) is 1. The first-order valence-corrected chi connectivity index (χ1v) is 6.24. The van der Waals surface area contributed by atoms with Crippen LogP contribution in [0.1, 0.15) is 12.8 Å². The Hall–Kier alpha value is -1.36.